The number of furan rings is 1. The van der Waals surface area contributed by atoms with E-state index < -0.39 is 0 Å². The summed E-state index contributed by atoms with van der Waals surface area (Å²) in [7, 11) is 0. The Hall–Kier alpha value is -2.40. The normalized spacial score (nSPS) is 10.6. The van der Waals surface area contributed by atoms with Crippen LogP contribution in [0.1, 0.15) is 18.2 Å². The Kier molecular flexibility index (Phi) is 4.06. The highest BCUT2D eigenvalue weighted by atomic mass is 32.1. The van der Waals surface area contributed by atoms with Crippen LogP contribution in [-0.2, 0) is 11.3 Å². The van der Waals surface area contributed by atoms with E-state index in [0.717, 1.165) is 27.8 Å². The lowest BCUT2D eigenvalue weighted by Gasteiger charge is -1.98. The molecule has 0 saturated carbocycles. The van der Waals surface area contributed by atoms with E-state index in [1.54, 1.807) is 11.3 Å². The molecule has 0 spiro atoms. The molecule has 0 unspecified atom stereocenters. The second kappa shape index (κ2) is 6.15. The van der Waals surface area contributed by atoms with Gasteiger partial charge in [-0.3, -0.25) is 4.79 Å². The van der Waals surface area contributed by atoms with Crippen LogP contribution >= 0.6 is 11.3 Å². The second-order valence-corrected chi connectivity index (χ2v) is 5.94. The lowest BCUT2D eigenvalue weighted by atomic mass is 10.1. The van der Waals surface area contributed by atoms with E-state index >= 15 is 0 Å². The van der Waals surface area contributed by atoms with Crippen molar-refractivity contribution in [3.8, 4) is 22.0 Å². The largest absolute Gasteiger partial charge is 0.458 e. The zero-order valence-electron chi connectivity index (χ0n) is 12.4. The summed E-state index contributed by atoms with van der Waals surface area (Å²) in [5, 5.41) is 5.67. The average Bonchev–Trinajstić information content (AvgIpc) is 3.14. The van der Waals surface area contributed by atoms with Gasteiger partial charge in [-0.25, -0.2) is 4.98 Å². The minimum atomic E-state index is -0.0756. The van der Waals surface area contributed by atoms with Crippen molar-refractivity contribution in [1.82, 2.24) is 10.3 Å². The zero-order valence-corrected chi connectivity index (χ0v) is 13.2. The molecule has 0 aliphatic carbocycles. The first-order valence-corrected chi connectivity index (χ1v) is 7.86. The fourth-order valence-electron chi connectivity index (χ4n) is 2.12. The SMILES string of the molecule is CC(=O)NCc1ccc(-c2csc(-c3cccc(C)c3)n2)o1. The lowest BCUT2D eigenvalue weighted by molar-refractivity contribution is -0.119. The average molecular weight is 312 g/mol. The van der Waals surface area contributed by atoms with E-state index in [-0.39, 0.29) is 5.91 Å². The first-order chi connectivity index (χ1) is 10.6. The van der Waals surface area contributed by atoms with Crippen molar-refractivity contribution in [3.05, 3.63) is 53.1 Å². The number of thiazole rings is 1. The minimum absolute atomic E-state index is 0.0756. The number of benzene rings is 1. The Balaban J connectivity index is 1.80. The maximum Gasteiger partial charge on any atom is 0.217 e. The first-order valence-electron chi connectivity index (χ1n) is 6.98. The van der Waals surface area contributed by atoms with Crippen LogP contribution in [0.3, 0.4) is 0 Å². The molecule has 1 aromatic carbocycles. The number of nitrogens with one attached hydrogen (secondary N) is 1. The van der Waals surface area contributed by atoms with Crippen LogP contribution in [0.5, 0.6) is 0 Å². The molecule has 0 saturated heterocycles. The first kappa shape index (κ1) is 14.5. The second-order valence-electron chi connectivity index (χ2n) is 5.08. The van der Waals surface area contributed by atoms with Crippen molar-refractivity contribution < 1.29 is 9.21 Å². The van der Waals surface area contributed by atoms with E-state index in [1.165, 1.54) is 12.5 Å². The molecule has 0 radical (unpaired) electrons. The Morgan fingerprint density at radius 2 is 2.18 bits per heavy atom. The van der Waals surface area contributed by atoms with Crippen LogP contribution in [-0.4, -0.2) is 10.9 Å². The Morgan fingerprint density at radius 1 is 1.32 bits per heavy atom. The smallest absolute Gasteiger partial charge is 0.217 e. The van der Waals surface area contributed by atoms with Gasteiger partial charge >= 0.3 is 0 Å². The molecule has 3 rings (SSSR count). The predicted molar refractivity (Wildman–Crippen MR) is 87.5 cm³/mol. The van der Waals surface area contributed by atoms with Crippen LogP contribution in [0.4, 0.5) is 0 Å². The summed E-state index contributed by atoms with van der Waals surface area (Å²) < 4.78 is 5.72. The third-order valence-electron chi connectivity index (χ3n) is 3.19. The van der Waals surface area contributed by atoms with Crippen molar-refractivity contribution in [3.63, 3.8) is 0 Å². The Morgan fingerprint density at radius 3 is 2.95 bits per heavy atom. The van der Waals surface area contributed by atoms with Crippen molar-refractivity contribution in [2.45, 2.75) is 20.4 Å². The highest BCUT2D eigenvalue weighted by Crippen LogP contribution is 2.30. The van der Waals surface area contributed by atoms with Crippen LogP contribution in [0.15, 0.2) is 46.2 Å². The number of rotatable bonds is 4. The van der Waals surface area contributed by atoms with Crippen molar-refractivity contribution in [2.75, 3.05) is 0 Å². The van der Waals surface area contributed by atoms with E-state index in [4.69, 9.17) is 4.42 Å². The van der Waals surface area contributed by atoms with E-state index in [2.05, 4.69) is 35.4 Å². The number of hydrogen-bond acceptors (Lipinski definition) is 4. The van der Waals surface area contributed by atoms with Gasteiger partial charge in [0, 0.05) is 17.9 Å². The third kappa shape index (κ3) is 3.26. The number of nitrogens with zero attached hydrogens (tertiary/aromatic N) is 1. The number of carbonyl (C=O) groups excluding carboxylic acids is 1. The summed E-state index contributed by atoms with van der Waals surface area (Å²) in [5.41, 5.74) is 3.14. The van der Waals surface area contributed by atoms with E-state index in [1.807, 2.05) is 23.6 Å². The van der Waals surface area contributed by atoms with Gasteiger partial charge < -0.3 is 9.73 Å². The molecular weight excluding hydrogens is 296 g/mol. The van der Waals surface area contributed by atoms with Gasteiger partial charge in [0.2, 0.25) is 5.91 Å². The summed E-state index contributed by atoms with van der Waals surface area (Å²) in [6.07, 6.45) is 0. The fraction of sp³-hybridized carbons (Fsp3) is 0.176. The van der Waals surface area contributed by atoms with Gasteiger partial charge in [-0.05, 0) is 25.1 Å². The molecule has 1 N–H and O–H groups in total. The molecule has 1 amide bonds. The molecule has 4 nitrogen and oxygen atoms in total. The molecule has 5 heteroatoms. The maximum atomic E-state index is 10.9. The molecular formula is C17H16N2O2S. The van der Waals surface area contributed by atoms with E-state index in [9.17, 15) is 4.79 Å². The van der Waals surface area contributed by atoms with Gasteiger partial charge in [0.25, 0.3) is 0 Å². The van der Waals surface area contributed by atoms with Gasteiger partial charge in [-0.1, -0.05) is 23.8 Å². The Labute approximate surface area is 132 Å². The summed E-state index contributed by atoms with van der Waals surface area (Å²) in [6.45, 7) is 3.95. The molecule has 2 aromatic heterocycles. The topological polar surface area (TPSA) is 55.1 Å². The monoisotopic (exact) mass is 312 g/mol. The fourth-order valence-corrected chi connectivity index (χ4v) is 2.93. The molecule has 22 heavy (non-hydrogen) atoms. The van der Waals surface area contributed by atoms with Gasteiger partial charge in [0.15, 0.2) is 5.76 Å². The quantitative estimate of drug-likeness (QED) is 0.792. The standard InChI is InChI=1S/C17H16N2O2S/c1-11-4-3-5-13(8-11)17-19-15(10-22-17)16-7-6-14(21-16)9-18-12(2)20/h3-8,10H,9H2,1-2H3,(H,18,20). The summed E-state index contributed by atoms with van der Waals surface area (Å²) in [6, 6.07) is 12.0. The van der Waals surface area contributed by atoms with Gasteiger partial charge in [0.05, 0.1) is 6.54 Å². The van der Waals surface area contributed by atoms with Gasteiger partial charge in [0.1, 0.15) is 16.5 Å². The molecule has 0 fully saturated rings. The van der Waals surface area contributed by atoms with Crippen LogP contribution in [0, 0.1) is 6.92 Å². The molecule has 0 atom stereocenters. The van der Waals surface area contributed by atoms with E-state index in [0.29, 0.717) is 6.54 Å². The van der Waals surface area contributed by atoms with Gasteiger partial charge in [-0.15, -0.1) is 11.3 Å². The molecule has 0 aliphatic rings. The van der Waals surface area contributed by atoms with Crippen LogP contribution in [0.25, 0.3) is 22.0 Å². The third-order valence-corrected chi connectivity index (χ3v) is 4.09. The van der Waals surface area contributed by atoms with Crippen molar-refractivity contribution in [2.24, 2.45) is 0 Å². The molecule has 3 aromatic rings. The number of amides is 1. The Bertz CT molecular complexity index is 804. The molecule has 112 valence electrons. The summed E-state index contributed by atoms with van der Waals surface area (Å²) in [5.74, 6) is 1.36. The maximum absolute atomic E-state index is 10.9. The van der Waals surface area contributed by atoms with Crippen LogP contribution < -0.4 is 5.32 Å². The zero-order chi connectivity index (χ0) is 15.5. The summed E-state index contributed by atoms with van der Waals surface area (Å²) in [4.78, 5) is 15.6. The van der Waals surface area contributed by atoms with Crippen molar-refractivity contribution >= 4 is 17.2 Å². The number of aryl methyl sites for hydroxylation is 1. The van der Waals surface area contributed by atoms with Crippen molar-refractivity contribution in [1.29, 1.82) is 0 Å². The highest BCUT2D eigenvalue weighted by molar-refractivity contribution is 7.13. The number of hydrogen-bond donors (Lipinski definition) is 1. The van der Waals surface area contributed by atoms with Gasteiger partial charge in [-0.2, -0.15) is 0 Å². The number of carbonyl (C=O) groups is 1. The highest BCUT2D eigenvalue weighted by Gasteiger charge is 2.10. The molecule has 0 aliphatic heterocycles. The molecule has 2 heterocycles. The number of aromatic nitrogens is 1. The van der Waals surface area contributed by atoms with Crippen LogP contribution in [0.2, 0.25) is 0 Å². The molecule has 0 bridgehead atoms. The lowest BCUT2D eigenvalue weighted by Crippen LogP contribution is -2.18. The predicted octanol–water partition coefficient (Wildman–Crippen LogP) is 4.01. The minimum Gasteiger partial charge on any atom is -0.458 e. The summed E-state index contributed by atoms with van der Waals surface area (Å²) >= 11 is 1.59.